The minimum atomic E-state index is -1.02. The Labute approximate surface area is 111 Å². The minimum Gasteiger partial charge on any atom is -0.481 e. The maximum absolute atomic E-state index is 11.2. The molecule has 0 amide bonds. The van der Waals surface area contributed by atoms with E-state index < -0.39 is 23.9 Å². The van der Waals surface area contributed by atoms with Gasteiger partial charge in [-0.05, 0) is 18.9 Å². The summed E-state index contributed by atoms with van der Waals surface area (Å²) in [5.41, 5.74) is 0. The van der Waals surface area contributed by atoms with Crippen LogP contribution < -0.4 is 0 Å². The van der Waals surface area contributed by atoms with Gasteiger partial charge in [0.15, 0.2) is 0 Å². The summed E-state index contributed by atoms with van der Waals surface area (Å²) in [5.74, 6) is -3.16. The molecule has 110 valence electrons. The van der Waals surface area contributed by atoms with Crippen molar-refractivity contribution in [1.29, 1.82) is 0 Å². The van der Waals surface area contributed by atoms with Crippen LogP contribution in [-0.4, -0.2) is 57.3 Å². The highest BCUT2D eigenvalue weighted by Crippen LogP contribution is 2.13. The molecule has 0 saturated carbocycles. The van der Waals surface area contributed by atoms with Gasteiger partial charge in [-0.3, -0.25) is 19.3 Å². The normalized spacial score (nSPS) is 12.6. The van der Waals surface area contributed by atoms with Crippen molar-refractivity contribution in [2.75, 3.05) is 13.1 Å². The molecule has 7 heteroatoms. The van der Waals surface area contributed by atoms with Gasteiger partial charge in [0.2, 0.25) is 0 Å². The van der Waals surface area contributed by atoms with E-state index >= 15 is 0 Å². The number of hydrogen-bond donors (Lipinski definition) is 3. The molecule has 0 fully saturated rings. The lowest BCUT2D eigenvalue weighted by Crippen LogP contribution is -2.46. The zero-order valence-corrected chi connectivity index (χ0v) is 11.2. The van der Waals surface area contributed by atoms with Crippen molar-refractivity contribution in [3.05, 3.63) is 0 Å². The second-order valence-electron chi connectivity index (χ2n) is 4.70. The van der Waals surface area contributed by atoms with Crippen molar-refractivity contribution in [3.8, 4) is 0 Å². The fourth-order valence-electron chi connectivity index (χ4n) is 1.93. The predicted octanol–water partition coefficient (Wildman–Crippen LogP) is 0.737. The maximum Gasteiger partial charge on any atom is 0.321 e. The lowest BCUT2D eigenvalue weighted by atomic mass is 10.0. The Morgan fingerprint density at radius 2 is 1.47 bits per heavy atom. The van der Waals surface area contributed by atoms with Gasteiger partial charge in [0, 0.05) is 13.0 Å². The van der Waals surface area contributed by atoms with E-state index in [0.717, 1.165) is 0 Å². The molecule has 0 rings (SSSR count). The number of carbonyl (C=O) groups is 3. The molecule has 0 radical (unpaired) electrons. The fourth-order valence-corrected chi connectivity index (χ4v) is 1.93. The van der Waals surface area contributed by atoms with Gasteiger partial charge in [0.05, 0.1) is 6.42 Å². The van der Waals surface area contributed by atoms with E-state index in [-0.39, 0.29) is 31.8 Å². The fraction of sp³-hybridized carbons (Fsp3) is 0.750. The summed E-state index contributed by atoms with van der Waals surface area (Å²) in [7, 11) is 0. The first kappa shape index (κ1) is 17.4. The molecule has 0 aromatic carbocycles. The summed E-state index contributed by atoms with van der Waals surface area (Å²) < 4.78 is 0. The van der Waals surface area contributed by atoms with Crippen molar-refractivity contribution in [2.45, 2.75) is 39.2 Å². The Balaban J connectivity index is 4.65. The molecule has 1 unspecified atom stereocenters. The summed E-state index contributed by atoms with van der Waals surface area (Å²) >= 11 is 0. The van der Waals surface area contributed by atoms with Gasteiger partial charge in [-0.1, -0.05) is 13.8 Å². The maximum atomic E-state index is 11.2. The van der Waals surface area contributed by atoms with Crippen LogP contribution >= 0.6 is 0 Å². The molecular weight excluding hydrogens is 254 g/mol. The van der Waals surface area contributed by atoms with Crippen molar-refractivity contribution >= 4 is 17.9 Å². The Hall–Kier alpha value is -1.63. The van der Waals surface area contributed by atoms with Gasteiger partial charge in [-0.25, -0.2) is 0 Å². The standard InChI is InChI=1S/C12H21NO6/c1-8(2)11(12(18)19)13(7-5-10(16)17)6-3-4-9(14)15/h8,11H,3-7H2,1-2H3,(H,14,15)(H,16,17)(H,18,19). The van der Waals surface area contributed by atoms with Crippen LogP contribution in [0.1, 0.15) is 33.1 Å². The van der Waals surface area contributed by atoms with Crippen LogP contribution in [-0.2, 0) is 14.4 Å². The first-order valence-corrected chi connectivity index (χ1v) is 6.16. The zero-order valence-electron chi connectivity index (χ0n) is 11.2. The molecule has 7 nitrogen and oxygen atoms in total. The van der Waals surface area contributed by atoms with E-state index in [1.54, 1.807) is 13.8 Å². The molecule has 0 aliphatic carbocycles. The van der Waals surface area contributed by atoms with Gasteiger partial charge in [-0.2, -0.15) is 0 Å². The summed E-state index contributed by atoms with van der Waals surface area (Å²) in [6.07, 6.45) is 0.0724. The van der Waals surface area contributed by atoms with Gasteiger partial charge >= 0.3 is 17.9 Å². The van der Waals surface area contributed by atoms with E-state index in [9.17, 15) is 19.5 Å². The van der Waals surface area contributed by atoms with Crippen molar-refractivity contribution in [1.82, 2.24) is 4.90 Å². The molecule has 0 saturated heterocycles. The molecule has 0 aliphatic heterocycles. The van der Waals surface area contributed by atoms with E-state index in [2.05, 4.69) is 0 Å². The van der Waals surface area contributed by atoms with Crippen LogP contribution in [0.3, 0.4) is 0 Å². The first-order chi connectivity index (χ1) is 8.75. The molecule has 0 heterocycles. The lowest BCUT2D eigenvalue weighted by molar-refractivity contribution is -0.146. The number of carboxylic acids is 3. The predicted molar refractivity (Wildman–Crippen MR) is 67.0 cm³/mol. The summed E-state index contributed by atoms with van der Waals surface area (Å²) in [5, 5.41) is 26.4. The molecule has 1 atom stereocenters. The van der Waals surface area contributed by atoms with Gasteiger partial charge < -0.3 is 15.3 Å². The Bertz CT molecular complexity index is 328. The van der Waals surface area contributed by atoms with Gasteiger partial charge in [0.1, 0.15) is 6.04 Å². The van der Waals surface area contributed by atoms with Crippen LogP contribution in [0.5, 0.6) is 0 Å². The zero-order chi connectivity index (χ0) is 15.0. The highest BCUT2D eigenvalue weighted by Gasteiger charge is 2.28. The van der Waals surface area contributed by atoms with E-state index in [0.29, 0.717) is 6.42 Å². The lowest BCUT2D eigenvalue weighted by Gasteiger charge is -2.30. The molecule has 19 heavy (non-hydrogen) atoms. The van der Waals surface area contributed by atoms with E-state index in [4.69, 9.17) is 10.2 Å². The molecule has 0 aliphatic rings. The quantitative estimate of drug-likeness (QED) is 0.538. The largest absolute Gasteiger partial charge is 0.481 e. The van der Waals surface area contributed by atoms with E-state index in [1.165, 1.54) is 4.90 Å². The molecule has 3 N–H and O–H groups in total. The average molecular weight is 275 g/mol. The number of nitrogens with zero attached hydrogens (tertiary/aromatic N) is 1. The Kier molecular flexibility index (Phi) is 7.74. The van der Waals surface area contributed by atoms with Crippen LogP contribution in [0, 0.1) is 5.92 Å². The van der Waals surface area contributed by atoms with Crippen molar-refractivity contribution in [2.24, 2.45) is 5.92 Å². The minimum absolute atomic E-state index is 0.0615. The van der Waals surface area contributed by atoms with Crippen LogP contribution in [0.4, 0.5) is 0 Å². The van der Waals surface area contributed by atoms with Crippen LogP contribution in [0.15, 0.2) is 0 Å². The number of hydrogen-bond acceptors (Lipinski definition) is 4. The molecule has 0 aromatic rings. The van der Waals surface area contributed by atoms with Crippen LogP contribution in [0.2, 0.25) is 0 Å². The third-order valence-electron chi connectivity index (χ3n) is 2.73. The summed E-state index contributed by atoms with van der Waals surface area (Å²) in [4.78, 5) is 33.8. The summed E-state index contributed by atoms with van der Waals surface area (Å²) in [6, 6.07) is -0.798. The molecular formula is C12H21NO6. The Morgan fingerprint density at radius 3 is 1.84 bits per heavy atom. The second-order valence-corrected chi connectivity index (χ2v) is 4.70. The van der Waals surface area contributed by atoms with Crippen molar-refractivity contribution < 1.29 is 29.7 Å². The Morgan fingerprint density at radius 1 is 0.947 bits per heavy atom. The highest BCUT2D eigenvalue weighted by atomic mass is 16.4. The smallest absolute Gasteiger partial charge is 0.321 e. The molecule has 0 aromatic heterocycles. The number of rotatable bonds is 10. The number of aliphatic carboxylic acids is 3. The average Bonchev–Trinajstić information content (AvgIpc) is 2.23. The van der Waals surface area contributed by atoms with Gasteiger partial charge in [0.25, 0.3) is 0 Å². The SMILES string of the molecule is CC(C)C(C(=O)O)N(CCCC(=O)O)CCC(=O)O. The topological polar surface area (TPSA) is 115 Å². The second kappa shape index (κ2) is 8.47. The third kappa shape index (κ3) is 7.40. The number of carboxylic acid groups (broad SMARTS) is 3. The third-order valence-corrected chi connectivity index (χ3v) is 2.73. The van der Waals surface area contributed by atoms with Crippen molar-refractivity contribution in [3.63, 3.8) is 0 Å². The van der Waals surface area contributed by atoms with Gasteiger partial charge in [-0.15, -0.1) is 0 Å². The molecule has 0 spiro atoms. The highest BCUT2D eigenvalue weighted by molar-refractivity contribution is 5.74. The molecule has 0 bridgehead atoms. The van der Waals surface area contributed by atoms with Crippen LogP contribution in [0.25, 0.3) is 0 Å². The first-order valence-electron chi connectivity index (χ1n) is 6.16. The monoisotopic (exact) mass is 275 g/mol. The van der Waals surface area contributed by atoms with E-state index in [1.807, 2.05) is 0 Å². The summed E-state index contributed by atoms with van der Waals surface area (Å²) in [6.45, 7) is 3.84.